The molecule has 0 aromatic rings. The van der Waals surface area contributed by atoms with Gasteiger partial charge in [0.15, 0.2) is 0 Å². The van der Waals surface area contributed by atoms with E-state index in [1.165, 1.54) is 0 Å². The molecule has 3 nitrogen and oxygen atoms in total. The van der Waals surface area contributed by atoms with Gasteiger partial charge >= 0.3 is 12.2 Å². The molecule has 0 aromatic heterocycles. The van der Waals surface area contributed by atoms with Gasteiger partial charge in [-0.15, -0.1) is 0 Å². The monoisotopic (exact) mass is 306 g/mol. The number of piperidine rings is 1. The van der Waals surface area contributed by atoms with Crippen molar-refractivity contribution in [3.05, 3.63) is 0 Å². The van der Waals surface area contributed by atoms with Gasteiger partial charge in [-0.2, -0.15) is 13.2 Å². The normalized spacial score (nSPS) is 34.6. The van der Waals surface area contributed by atoms with Crippen LogP contribution in [0.15, 0.2) is 0 Å². The third kappa shape index (κ3) is 4.51. The molecule has 2 fully saturated rings. The predicted octanol–water partition coefficient (Wildman–Crippen LogP) is 3.80. The van der Waals surface area contributed by atoms with Crippen LogP contribution in [0, 0.1) is 17.8 Å². The van der Waals surface area contributed by atoms with Crippen molar-refractivity contribution in [2.75, 3.05) is 13.1 Å². The lowest BCUT2D eigenvalue weighted by molar-refractivity contribution is -0.183. The Kier molecular flexibility index (Phi) is 5.04. The molecule has 0 spiro atoms. The number of alkyl halides is 3. The fourth-order valence-electron chi connectivity index (χ4n) is 3.71. The summed E-state index contributed by atoms with van der Waals surface area (Å²) in [7, 11) is 0. The number of hydrogen-bond donors (Lipinski definition) is 1. The minimum Gasteiger partial charge on any atom is -0.335 e. The Morgan fingerprint density at radius 1 is 1.10 bits per heavy atom. The fraction of sp³-hybridized carbons (Fsp3) is 0.933. The molecule has 4 unspecified atom stereocenters. The van der Waals surface area contributed by atoms with E-state index < -0.39 is 12.1 Å². The summed E-state index contributed by atoms with van der Waals surface area (Å²) in [6, 6.07) is -0.536. The number of nitrogens with one attached hydrogen (secondary N) is 1. The summed E-state index contributed by atoms with van der Waals surface area (Å²) < 4.78 is 38.4. The van der Waals surface area contributed by atoms with Gasteiger partial charge in [0.25, 0.3) is 0 Å². The smallest absolute Gasteiger partial charge is 0.335 e. The number of rotatable bonds is 1. The molecule has 122 valence electrons. The lowest BCUT2D eigenvalue weighted by atomic mass is 9.85. The predicted molar refractivity (Wildman–Crippen MR) is 74.9 cm³/mol. The van der Waals surface area contributed by atoms with Gasteiger partial charge in [0.1, 0.15) is 0 Å². The van der Waals surface area contributed by atoms with Crippen LogP contribution in [0.2, 0.25) is 0 Å². The highest BCUT2D eigenvalue weighted by Gasteiger charge is 2.42. The maximum absolute atomic E-state index is 12.8. The van der Waals surface area contributed by atoms with E-state index in [1.807, 2.05) is 0 Å². The lowest BCUT2D eigenvalue weighted by Crippen LogP contribution is -2.51. The van der Waals surface area contributed by atoms with Crippen molar-refractivity contribution >= 4 is 6.03 Å². The third-order valence-electron chi connectivity index (χ3n) is 4.62. The second kappa shape index (κ2) is 6.44. The molecule has 21 heavy (non-hydrogen) atoms. The summed E-state index contributed by atoms with van der Waals surface area (Å²) in [5.41, 5.74) is 0. The van der Waals surface area contributed by atoms with E-state index in [4.69, 9.17) is 0 Å². The number of hydrogen-bond acceptors (Lipinski definition) is 1. The molecule has 1 aliphatic carbocycles. The van der Waals surface area contributed by atoms with E-state index in [9.17, 15) is 18.0 Å². The molecule has 1 aliphatic heterocycles. The van der Waals surface area contributed by atoms with Crippen LogP contribution in [0.1, 0.15) is 46.0 Å². The Hall–Kier alpha value is -0.940. The van der Waals surface area contributed by atoms with Gasteiger partial charge in [-0.05, 0) is 37.5 Å². The van der Waals surface area contributed by atoms with Gasteiger partial charge in [-0.3, -0.25) is 0 Å². The quantitative estimate of drug-likeness (QED) is 0.785. The lowest BCUT2D eigenvalue weighted by Gasteiger charge is -2.37. The highest BCUT2D eigenvalue weighted by Crippen LogP contribution is 2.37. The van der Waals surface area contributed by atoms with Gasteiger partial charge in [0.2, 0.25) is 0 Å². The molecule has 1 heterocycles. The summed E-state index contributed by atoms with van der Waals surface area (Å²) in [5, 5.41) is 2.82. The van der Waals surface area contributed by atoms with Crippen molar-refractivity contribution in [3.8, 4) is 0 Å². The highest BCUT2D eigenvalue weighted by atomic mass is 19.4. The van der Waals surface area contributed by atoms with Crippen LogP contribution in [-0.4, -0.2) is 36.2 Å². The third-order valence-corrected chi connectivity index (χ3v) is 4.62. The van der Waals surface area contributed by atoms with E-state index in [2.05, 4.69) is 19.2 Å². The first-order valence-electron chi connectivity index (χ1n) is 7.88. The maximum Gasteiger partial charge on any atom is 0.391 e. The molecule has 0 bridgehead atoms. The van der Waals surface area contributed by atoms with E-state index in [1.54, 1.807) is 4.90 Å². The molecule has 1 saturated carbocycles. The van der Waals surface area contributed by atoms with E-state index in [0.717, 1.165) is 6.42 Å². The molecule has 4 atom stereocenters. The Morgan fingerprint density at radius 3 is 2.29 bits per heavy atom. The van der Waals surface area contributed by atoms with Crippen LogP contribution >= 0.6 is 0 Å². The molecule has 0 radical (unpaired) electrons. The van der Waals surface area contributed by atoms with Gasteiger partial charge in [-0.25, -0.2) is 4.79 Å². The first-order chi connectivity index (χ1) is 9.75. The maximum atomic E-state index is 12.8. The van der Waals surface area contributed by atoms with Crippen molar-refractivity contribution in [1.82, 2.24) is 10.2 Å². The summed E-state index contributed by atoms with van der Waals surface area (Å²) in [4.78, 5) is 14.0. The number of likely N-dealkylation sites (tertiary alicyclic amines) is 1. The summed E-state index contributed by atoms with van der Waals surface area (Å²) in [6.45, 7) is 5.61. The topological polar surface area (TPSA) is 32.3 Å². The standard InChI is InChI=1S/C15H25F3N2O/c1-10-6-11(2)9-20(8-10)14(21)19-13-5-3-4-12(7-13)15(16,17)18/h10-13H,3-9H2,1-2H3,(H,19,21). The van der Waals surface area contributed by atoms with Crippen molar-refractivity contribution in [2.45, 2.75) is 58.2 Å². The zero-order chi connectivity index (χ0) is 15.6. The number of halogens is 3. The molecule has 0 aromatic carbocycles. The largest absolute Gasteiger partial charge is 0.391 e. The zero-order valence-electron chi connectivity index (χ0n) is 12.7. The average Bonchev–Trinajstić information content (AvgIpc) is 2.37. The van der Waals surface area contributed by atoms with Crippen LogP contribution in [0.3, 0.4) is 0 Å². The summed E-state index contributed by atoms with van der Waals surface area (Å²) >= 11 is 0. The molecular weight excluding hydrogens is 281 g/mol. The van der Waals surface area contributed by atoms with E-state index in [-0.39, 0.29) is 24.9 Å². The molecule has 2 amide bonds. The van der Waals surface area contributed by atoms with Gasteiger partial charge in [0, 0.05) is 19.1 Å². The van der Waals surface area contributed by atoms with Crippen LogP contribution in [-0.2, 0) is 0 Å². The number of nitrogens with zero attached hydrogens (tertiary/aromatic N) is 1. The van der Waals surface area contributed by atoms with E-state index >= 15 is 0 Å². The summed E-state index contributed by atoms with van der Waals surface area (Å²) in [5.74, 6) is -0.363. The summed E-state index contributed by atoms with van der Waals surface area (Å²) in [6.07, 6.45) is -1.65. The number of amides is 2. The first kappa shape index (κ1) is 16.4. The molecule has 1 N–H and O–H groups in total. The number of urea groups is 1. The molecular formula is C15H25F3N2O. The minimum absolute atomic E-state index is 0.0220. The number of carbonyl (C=O) groups excluding carboxylic acids is 1. The van der Waals surface area contributed by atoms with E-state index in [0.29, 0.717) is 37.8 Å². The number of carbonyl (C=O) groups is 1. The van der Waals surface area contributed by atoms with Crippen molar-refractivity contribution in [2.24, 2.45) is 17.8 Å². The fourth-order valence-corrected chi connectivity index (χ4v) is 3.71. The Labute approximate surface area is 124 Å². The minimum atomic E-state index is -4.14. The van der Waals surface area contributed by atoms with Crippen molar-refractivity contribution < 1.29 is 18.0 Å². The van der Waals surface area contributed by atoms with Crippen molar-refractivity contribution in [1.29, 1.82) is 0 Å². The van der Waals surface area contributed by atoms with Crippen LogP contribution in [0.4, 0.5) is 18.0 Å². The average molecular weight is 306 g/mol. The molecule has 6 heteroatoms. The van der Waals surface area contributed by atoms with Crippen LogP contribution < -0.4 is 5.32 Å². The SMILES string of the molecule is CC1CC(C)CN(C(=O)NC2CCCC(C(F)(F)F)C2)C1. The van der Waals surface area contributed by atoms with Gasteiger partial charge in [-0.1, -0.05) is 20.3 Å². The molecule has 2 rings (SSSR count). The second-order valence-corrected chi connectivity index (χ2v) is 6.90. The highest BCUT2D eigenvalue weighted by molar-refractivity contribution is 5.74. The van der Waals surface area contributed by atoms with Gasteiger partial charge in [0.05, 0.1) is 5.92 Å². The Bertz CT molecular complexity index is 362. The Balaban J connectivity index is 1.87. The second-order valence-electron chi connectivity index (χ2n) is 6.90. The van der Waals surface area contributed by atoms with Crippen LogP contribution in [0.25, 0.3) is 0 Å². The molecule has 2 aliphatic rings. The molecule has 1 saturated heterocycles. The Morgan fingerprint density at radius 2 is 1.71 bits per heavy atom. The van der Waals surface area contributed by atoms with Crippen LogP contribution in [0.5, 0.6) is 0 Å². The van der Waals surface area contributed by atoms with Crippen molar-refractivity contribution in [3.63, 3.8) is 0 Å². The van der Waals surface area contributed by atoms with Gasteiger partial charge < -0.3 is 10.2 Å². The first-order valence-corrected chi connectivity index (χ1v) is 7.88. The zero-order valence-corrected chi connectivity index (χ0v) is 12.7.